The summed E-state index contributed by atoms with van der Waals surface area (Å²) in [5.41, 5.74) is 0.567. The summed E-state index contributed by atoms with van der Waals surface area (Å²) >= 11 is 6.36. The van der Waals surface area contributed by atoms with E-state index in [1.54, 1.807) is 36.5 Å². The molecule has 4 rings (SSSR count). The van der Waals surface area contributed by atoms with E-state index in [2.05, 4.69) is 33.0 Å². The van der Waals surface area contributed by atoms with Gasteiger partial charge in [-0.25, -0.2) is 4.57 Å². The second-order valence-electron chi connectivity index (χ2n) is 9.61. The van der Waals surface area contributed by atoms with E-state index in [-0.39, 0.29) is 28.6 Å². The lowest BCUT2D eigenvalue weighted by atomic mass is 9.80. The van der Waals surface area contributed by atoms with Crippen molar-refractivity contribution < 1.29 is 5.11 Å². The van der Waals surface area contributed by atoms with E-state index in [9.17, 15) is 9.90 Å². The maximum atomic E-state index is 13.2. The number of aliphatic imine (C=N–C) groups is 1. The van der Waals surface area contributed by atoms with Gasteiger partial charge in [-0.15, -0.1) is 0 Å². The highest BCUT2D eigenvalue weighted by atomic mass is 35.5. The summed E-state index contributed by atoms with van der Waals surface area (Å²) in [5.74, 6) is -0.159. The van der Waals surface area contributed by atoms with Crippen molar-refractivity contribution in [2.75, 3.05) is 0 Å². The number of halogens is 1. The van der Waals surface area contributed by atoms with Gasteiger partial charge in [-0.2, -0.15) is 0 Å². The van der Waals surface area contributed by atoms with Crippen LogP contribution in [0.1, 0.15) is 46.1 Å². The Morgan fingerprint density at radius 3 is 2.26 bits per heavy atom. The van der Waals surface area contributed by atoms with Crippen molar-refractivity contribution in [2.24, 2.45) is 4.99 Å². The van der Waals surface area contributed by atoms with Crippen LogP contribution in [0.25, 0.3) is 16.5 Å². The van der Waals surface area contributed by atoms with Crippen LogP contribution in [0.5, 0.6) is 5.88 Å². The lowest BCUT2D eigenvalue weighted by Gasteiger charge is -2.45. The predicted octanol–water partition coefficient (Wildman–Crippen LogP) is 5.08. The van der Waals surface area contributed by atoms with Crippen LogP contribution >= 0.6 is 11.6 Å². The number of piperidine rings is 1. The largest absolute Gasteiger partial charge is 0.494 e. The second kappa shape index (κ2) is 7.81. The summed E-state index contributed by atoms with van der Waals surface area (Å²) < 4.78 is 1.27. The van der Waals surface area contributed by atoms with Crippen LogP contribution < -0.4 is 10.9 Å². The third kappa shape index (κ3) is 4.25. The van der Waals surface area contributed by atoms with Gasteiger partial charge in [0.1, 0.15) is 0 Å². The molecule has 6 heteroatoms. The molecule has 0 bridgehead atoms. The van der Waals surface area contributed by atoms with E-state index in [0.717, 1.165) is 12.8 Å². The highest BCUT2D eigenvalue weighted by molar-refractivity contribution is 6.32. The number of nitrogens with one attached hydrogen (secondary N) is 1. The Hall–Kier alpha value is -2.63. The van der Waals surface area contributed by atoms with Gasteiger partial charge in [-0.1, -0.05) is 41.9 Å². The second-order valence-corrected chi connectivity index (χ2v) is 10.0. The molecule has 3 aromatic rings. The van der Waals surface area contributed by atoms with Gasteiger partial charge in [0, 0.05) is 28.1 Å². The van der Waals surface area contributed by atoms with Gasteiger partial charge in [0.15, 0.2) is 0 Å². The summed E-state index contributed by atoms with van der Waals surface area (Å²) in [6, 6.07) is 14.4. The molecular weight excluding hydrogens is 410 g/mol. The summed E-state index contributed by atoms with van der Waals surface area (Å²) in [5, 5.41) is 16.4. The molecule has 0 atom stereocenters. The van der Waals surface area contributed by atoms with Crippen LogP contribution in [0.4, 0.5) is 0 Å². The average Bonchev–Trinajstić information content (AvgIpc) is 2.67. The molecule has 0 unspecified atom stereocenters. The first-order valence-electron chi connectivity index (χ1n) is 10.5. The third-order valence-corrected chi connectivity index (χ3v) is 6.10. The number of para-hydroxylation sites is 1. The smallest absolute Gasteiger partial charge is 0.265 e. The maximum Gasteiger partial charge on any atom is 0.265 e. The molecule has 1 aliphatic heterocycles. The van der Waals surface area contributed by atoms with Gasteiger partial charge < -0.3 is 10.4 Å². The fourth-order valence-electron chi connectivity index (χ4n) is 4.90. The van der Waals surface area contributed by atoms with Crippen molar-refractivity contribution in [3.8, 4) is 11.6 Å². The normalized spacial score (nSPS) is 18.6. The zero-order chi connectivity index (χ0) is 22.4. The SMILES string of the molecule is CC1(C)CC(N=Cc2c(O)n(-c3ccccc3Cl)c(=O)c3ccccc23)CC(C)(C)N1. The summed E-state index contributed by atoms with van der Waals surface area (Å²) in [6.45, 7) is 8.73. The van der Waals surface area contributed by atoms with Gasteiger partial charge in [-0.05, 0) is 58.7 Å². The van der Waals surface area contributed by atoms with Crippen molar-refractivity contribution in [1.82, 2.24) is 9.88 Å². The Bertz CT molecular complexity index is 1210. The minimum absolute atomic E-state index is 0.0375. The highest BCUT2D eigenvalue weighted by Gasteiger charge is 2.37. The summed E-state index contributed by atoms with van der Waals surface area (Å²) in [6.07, 6.45) is 3.48. The minimum atomic E-state index is -0.317. The first kappa shape index (κ1) is 21.6. The van der Waals surface area contributed by atoms with Gasteiger partial charge in [-0.3, -0.25) is 9.79 Å². The number of benzene rings is 2. The molecule has 2 N–H and O–H groups in total. The third-order valence-electron chi connectivity index (χ3n) is 5.78. The van der Waals surface area contributed by atoms with Crippen molar-refractivity contribution in [2.45, 2.75) is 57.7 Å². The standard InChI is InChI=1S/C25H28ClN3O2/c1-24(2)13-16(14-25(3,4)28-24)27-15-19-17-9-5-6-10-18(17)22(30)29(23(19)31)21-12-8-7-11-20(21)26/h5-12,15-16,28,31H,13-14H2,1-4H3. The lowest BCUT2D eigenvalue weighted by molar-refractivity contribution is 0.164. The Kier molecular flexibility index (Phi) is 5.44. The fraction of sp³-hybridized carbons (Fsp3) is 0.360. The number of fused-ring (bicyclic) bond motifs is 1. The van der Waals surface area contributed by atoms with E-state index in [1.165, 1.54) is 4.57 Å². The molecule has 1 aliphatic rings. The molecule has 162 valence electrons. The molecule has 2 heterocycles. The van der Waals surface area contributed by atoms with Gasteiger partial charge in [0.05, 0.1) is 22.3 Å². The fourth-order valence-corrected chi connectivity index (χ4v) is 5.12. The number of aromatic nitrogens is 1. The number of hydrogen-bond donors (Lipinski definition) is 2. The van der Waals surface area contributed by atoms with Crippen molar-refractivity contribution in [3.05, 3.63) is 69.5 Å². The van der Waals surface area contributed by atoms with E-state index >= 15 is 0 Å². The van der Waals surface area contributed by atoms with E-state index in [0.29, 0.717) is 27.0 Å². The molecule has 0 saturated carbocycles. The molecule has 0 amide bonds. The monoisotopic (exact) mass is 437 g/mol. The molecule has 5 nitrogen and oxygen atoms in total. The zero-order valence-electron chi connectivity index (χ0n) is 18.3. The molecule has 0 radical (unpaired) electrons. The van der Waals surface area contributed by atoms with Crippen molar-refractivity contribution >= 4 is 28.6 Å². The zero-order valence-corrected chi connectivity index (χ0v) is 19.1. The highest BCUT2D eigenvalue weighted by Crippen LogP contribution is 2.32. The Labute approximate surface area is 187 Å². The number of nitrogens with zero attached hydrogens (tertiary/aromatic N) is 2. The number of rotatable bonds is 3. The topological polar surface area (TPSA) is 66.6 Å². The quantitative estimate of drug-likeness (QED) is 0.561. The van der Waals surface area contributed by atoms with Crippen LogP contribution in [-0.4, -0.2) is 33.0 Å². The maximum absolute atomic E-state index is 13.2. The molecule has 2 aromatic carbocycles. The first-order chi connectivity index (χ1) is 14.6. The molecule has 1 fully saturated rings. The molecule has 0 aliphatic carbocycles. The summed E-state index contributed by atoms with van der Waals surface area (Å²) in [4.78, 5) is 18.1. The first-order valence-corrected chi connectivity index (χ1v) is 10.9. The summed E-state index contributed by atoms with van der Waals surface area (Å²) in [7, 11) is 0. The Balaban J connectivity index is 1.88. The van der Waals surface area contributed by atoms with Gasteiger partial charge in [0.25, 0.3) is 5.56 Å². The number of pyridine rings is 1. The Morgan fingerprint density at radius 1 is 1.03 bits per heavy atom. The molecule has 1 aromatic heterocycles. The van der Waals surface area contributed by atoms with Crippen molar-refractivity contribution in [3.63, 3.8) is 0 Å². The van der Waals surface area contributed by atoms with Crippen LogP contribution in [0.3, 0.4) is 0 Å². The predicted molar refractivity (Wildman–Crippen MR) is 128 cm³/mol. The van der Waals surface area contributed by atoms with Crippen LogP contribution in [0.2, 0.25) is 5.02 Å². The van der Waals surface area contributed by atoms with E-state index in [1.807, 2.05) is 18.2 Å². The minimum Gasteiger partial charge on any atom is -0.494 e. The van der Waals surface area contributed by atoms with Crippen molar-refractivity contribution in [1.29, 1.82) is 0 Å². The number of aromatic hydroxyl groups is 1. The van der Waals surface area contributed by atoms with E-state index in [4.69, 9.17) is 16.6 Å². The number of hydrogen-bond acceptors (Lipinski definition) is 4. The van der Waals surface area contributed by atoms with Crippen LogP contribution in [0, 0.1) is 0 Å². The van der Waals surface area contributed by atoms with Gasteiger partial charge >= 0.3 is 0 Å². The van der Waals surface area contributed by atoms with Crippen LogP contribution in [0.15, 0.2) is 58.3 Å². The van der Waals surface area contributed by atoms with E-state index < -0.39 is 0 Å². The molecule has 0 spiro atoms. The molecular formula is C25H28ClN3O2. The van der Waals surface area contributed by atoms with Crippen LogP contribution in [-0.2, 0) is 0 Å². The molecule has 31 heavy (non-hydrogen) atoms. The lowest BCUT2D eigenvalue weighted by Crippen LogP contribution is -2.58. The molecule has 1 saturated heterocycles. The van der Waals surface area contributed by atoms with Gasteiger partial charge in [0.2, 0.25) is 5.88 Å². The Morgan fingerprint density at radius 2 is 1.61 bits per heavy atom. The average molecular weight is 438 g/mol.